The minimum atomic E-state index is -1.14. The third kappa shape index (κ3) is 3.14. The van der Waals surface area contributed by atoms with Gasteiger partial charge in [0.25, 0.3) is 0 Å². The van der Waals surface area contributed by atoms with Gasteiger partial charge in [0.05, 0.1) is 6.04 Å². The number of carboxylic acid groups (broad SMARTS) is 1. The summed E-state index contributed by atoms with van der Waals surface area (Å²) in [5.41, 5.74) is 0. The SMILES string of the molecule is C#CC(CN(CC)C(=O)[O-])N1CCCC1. The van der Waals surface area contributed by atoms with Crippen molar-refractivity contribution < 1.29 is 9.90 Å². The van der Waals surface area contributed by atoms with Gasteiger partial charge >= 0.3 is 0 Å². The molecular weight excluding hydrogens is 192 g/mol. The number of terminal acetylenes is 1. The van der Waals surface area contributed by atoms with E-state index in [0.717, 1.165) is 25.9 Å². The minimum absolute atomic E-state index is 0.106. The average molecular weight is 209 g/mol. The Morgan fingerprint density at radius 1 is 1.60 bits per heavy atom. The van der Waals surface area contributed by atoms with Crippen molar-refractivity contribution in [2.45, 2.75) is 25.8 Å². The lowest BCUT2D eigenvalue weighted by Crippen LogP contribution is -2.48. The maximum atomic E-state index is 10.7. The first-order chi connectivity index (χ1) is 7.19. The van der Waals surface area contributed by atoms with E-state index in [1.807, 2.05) is 0 Å². The topological polar surface area (TPSA) is 46.6 Å². The van der Waals surface area contributed by atoms with E-state index in [-0.39, 0.29) is 6.04 Å². The molecule has 0 N–H and O–H groups in total. The molecule has 15 heavy (non-hydrogen) atoms. The van der Waals surface area contributed by atoms with Gasteiger partial charge in [-0.1, -0.05) is 5.92 Å². The van der Waals surface area contributed by atoms with Gasteiger partial charge in [-0.3, -0.25) is 4.90 Å². The Bertz CT molecular complexity index is 254. The smallest absolute Gasteiger partial charge is 0.137 e. The summed E-state index contributed by atoms with van der Waals surface area (Å²) < 4.78 is 0. The van der Waals surface area contributed by atoms with Crippen LogP contribution in [0.1, 0.15) is 19.8 Å². The molecule has 1 amide bonds. The zero-order valence-electron chi connectivity index (χ0n) is 9.11. The summed E-state index contributed by atoms with van der Waals surface area (Å²) in [6.07, 6.45) is 6.58. The number of hydrogen-bond acceptors (Lipinski definition) is 3. The highest BCUT2D eigenvalue weighted by atomic mass is 16.4. The summed E-state index contributed by atoms with van der Waals surface area (Å²) in [5, 5.41) is 10.7. The third-order valence-electron chi connectivity index (χ3n) is 2.81. The van der Waals surface area contributed by atoms with E-state index in [1.54, 1.807) is 6.92 Å². The highest BCUT2D eigenvalue weighted by Crippen LogP contribution is 2.12. The Morgan fingerprint density at radius 2 is 2.20 bits per heavy atom. The lowest BCUT2D eigenvalue weighted by Gasteiger charge is -2.30. The number of rotatable bonds is 4. The van der Waals surface area contributed by atoms with Crippen molar-refractivity contribution in [1.82, 2.24) is 9.80 Å². The van der Waals surface area contributed by atoms with Crippen molar-refractivity contribution >= 4 is 6.09 Å². The van der Waals surface area contributed by atoms with Crippen molar-refractivity contribution in [1.29, 1.82) is 0 Å². The molecule has 1 heterocycles. The molecule has 0 spiro atoms. The Balaban J connectivity index is 2.52. The van der Waals surface area contributed by atoms with Gasteiger partial charge in [0.2, 0.25) is 0 Å². The highest BCUT2D eigenvalue weighted by molar-refractivity contribution is 5.62. The molecule has 0 aliphatic carbocycles. The lowest BCUT2D eigenvalue weighted by atomic mass is 10.2. The van der Waals surface area contributed by atoms with E-state index in [9.17, 15) is 9.90 Å². The molecule has 0 bridgehead atoms. The van der Waals surface area contributed by atoms with Crippen LogP contribution in [0.3, 0.4) is 0 Å². The summed E-state index contributed by atoms with van der Waals surface area (Å²) in [6, 6.07) is -0.106. The number of likely N-dealkylation sites (tertiary alicyclic amines) is 1. The molecule has 0 aromatic rings. The van der Waals surface area contributed by atoms with Gasteiger partial charge in [-0.15, -0.1) is 6.42 Å². The Morgan fingerprint density at radius 3 is 2.60 bits per heavy atom. The zero-order chi connectivity index (χ0) is 11.3. The molecule has 1 atom stereocenters. The first-order valence-electron chi connectivity index (χ1n) is 5.35. The number of hydrogen-bond donors (Lipinski definition) is 0. The van der Waals surface area contributed by atoms with Crippen LogP contribution in [0.15, 0.2) is 0 Å². The lowest BCUT2D eigenvalue weighted by molar-refractivity contribution is -0.265. The van der Waals surface area contributed by atoms with E-state index < -0.39 is 6.09 Å². The molecule has 0 saturated carbocycles. The largest absolute Gasteiger partial charge is 0.530 e. The van der Waals surface area contributed by atoms with Crippen LogP contribution in [-0.4, -0.2) is 48.1 Å². The molecule has 0 aromatic carbocycles. The minimum Gasteiger partial charge on any atom is -0.530 e. The molecule has 1 fully saturated rings. The molecule has 4 nitrogen and oxygen atoms in total. The van der Waals surface area contributed by atoms with Gasteiger partial charge in [0.15, 0.2) is 0 Å². The Kier molecular flexibility index (Phi) is 4.44. The van der Waals surface area contributed by atoms with E-state index in [0.29, 0.717) is 13.1 Å². The van der Waals surface area contributed by atoms with E-state index in [4.69, 9.17) is 6.42 Å². The van der Waals surface area contributed by atoms with Crippen LogP contribution in [0.2, 0.25) is 0 Å². The van der Waals surface area contributed by atoms with Crippen LogP contribution in [0.5, 0.6) is 0 Å². The van der Waals surface area contributed by atoms with Crippen molar-refractivity contribution in [3.05, 3.63) is 0 Å². The van der Waals surface area contributed by atoms with Crippen LogP contribution in [0.25, 0.3) is 0 Å². The van der Waals surface area contributed by atoms with Crippen molar-refractivity contribution in [2.24, 2.45) is 0 Å². The number of likely N-dealkylation sites (N-methyl/N-ethyl adjacent to an activating group) is 1. The second kappa shape index (κ2) is 5.62. The summed E-state index contributed by atoms with van der Waals surface area (Å²) in [6.45, 7) is 4.51. The molecule has 84 valence electrons. The van der Waals surface area contributed by atoms with Crippen LogP contribution < -0.4 is 5.11 Å². The van der Waals surface area contributed by atoms with E-state index in [2.05, 4.69) is 10.8 Å². The van der Waals surface area contributed by atoms with Crippen molar-refractivity contribution in [3.8, 4) is 12.3 Å². The average Bonchev–Trinajstić information content (AvgIpc) is 2.72. The fourth-order valence-electron chi connectivity index (χ4n) is 1.87. The maximum Gasteiger partial charge on any atom is 0.137 e. The monoisotopic (exact) mass is 209 g/mol. The molecule has 1 rings (SSSR count). The normalized spacial score (nSPS) is 18.4. The standard InChI is InChI=1S/C11H18N2O2/c1-3-10(13-7-5-6-8-13)9-12(4-2)11(14)15/h1,10H,4-9H2,2H3,(H,14,15)/p-1. The van der Waals surface area contributed by atoms with Crippen LogP contribution in [0.4, 0.5) is 4.79 Å². The maximum absolute atomic E-state index is 10.7. The molecule has 0 aromatic heterocycles. The van der Waals surface area contributed by atoms with E-state index >= 15 is 0 Å². The first-order valence-corrected chi connectivity index (χ1v) is 5.35. The third-order valence-corrected chi connectivity index (χ3v) is 2.81. The molecule has 1 aliphatic heterocycles. The summed E-state index contributed by atoms with van der Waals surface area (Å²) >= 11 is 0. The number of amides is 1. The molecule has 1 aliphatic rings. The van der Waals surface area contributed by atoms with Gasteiger partial charge in [-0.05, 0) is 32.9 Å². The molecule has 1 saturated heterocycles. The summed E-state index contributed by atoms with van der Waals surface area (Å²) in [4.78, 5) is 14.1. The van der Waals surface area contributed by atoms with Crippen molar-refractivity contribution in [2.75, 3.05) is 26.2 Å². The van der Waals surface area contributed by atoms with E-state index in [1.165, 1.54) is 4.90 Å². The van der Waals surface area contributed by atoms with Gasteiger partial charge < -0.3 is 14.8 Å². The predicted molar refractivity (Wildman–Crippen MR) is 56.1 cm³/mol. The molecule has 0 radical (unpaired) electrons. The Hall–Kier alpha value is -1.21. The summed E-state index contributed by atoms with van der Waals surface area (Å²) in [7, 11) is 0. The van der Waals surface area contributed by atoms with Gasteiger partial charge in [-0.2, -0.15) is 0 Å². The van der Waals surface area contributed by atoms with Crippen molar-refractivity contribution in [3.63, 3.8) is 0 Å². The van der Waals surface area contributed by atoms with Crippen LogP contribution in [0, 0.1) is 12.3 Å². The first kappa shape index (κ1) is 11.9. The molecule has 4 heteroatoms. The van der Waals surface area contributed by atoms with Gasteiger partial charge in [0, 0.05) is 13.1 Å². The van der Waals surface area contributed by atoms with Crippen LogP contribution in [-0.2, 0) is 0 Å². The number of carbonyl (C=O) groups excluding carboxylic acids is 1. The summed E-state index contributed by atoms with van der Waals surface area (Å²) in [5.74, 6) is 2.66. The Labute approximate surface area is 90.9 Å². The van der Waals surface area contributed by atoms with Gasteiger partial charge in [-0.25, -0.2) is 0 Å². The second-order valence-corrected chi connectivity index (χ2v) is 3.73. The zero-order valence-corrected chi connectivity index (χ0v) is 9.11. The fourth-order valence-corrected chi connectivity index (χ4v) is 1.87. The fraction of sp³-hybridized carbons (Fsp3) is 0.727. The second-order valence-electron chi connectivity index (χ2n) is 3.73. The predicted octanol–water partition coefficient (Wildman–Crippen LogP) is -0.251. The number of nitrogens with zero attached hydrogens (tertiary/aromatic N) is 2. The van der Waals surface area contributed by atoms with Gasteiger partial charge in [0.1, 0.15) is 6.09 Å². The number of carbonyl (C=O) groups is 1. The highest BCUT2D eigenvalue weighted by Gasteiger charge is 2.21. The molecular formula is C11H17N2O2-. The molecule has 1 unspecified atom stereocenters. The quantitative estimate of drug-likeness (QED) is 0.600. The van der Waals surface area contributed by atoms with Crippen LogP contribution >= 0.6 is 0 Å².